The Balaban J connectivity index is 1.58. The number of aromatic nitrogens is 4. The Morgan fingerprint density at radius 3 is 2.71 bits per heavy atom. The van der Waals surface area contributed by atoms with Gasteiger partial charge in [-0.25, -0.2) is 0 Å². The number of rotatable bonds is 4. The summed E-state index contributed by atoms with van der Waals surface area (Å²) >= 11 is 7.50. The van der Waals surface area contributed by atoms with Crippen LogP contribution < -0.4 is 0 Å². The zero-order chi connectivity index (χ0) is 16.5. The summed E-state index contributed by atoms with van der Waals surface area (Å²) in [4.78, 5) is 3.23. The Bertz CT molecular complexity index is 825. The fourth-order valence-corrected chi connectivity index (χ4v) is 3.88. The standard InChI is InChI=1S/C16H18ClN5OS/c1-11(10-21-6-8-23-9-7-21)14-18-19-16-22(14)20-15(24-16)12-2-4-13(17)5-3-12/h2-5,11H,6-10H2,1H3. The minimum atomic E-state index is 0.262. The maximum Gasteiger partial charge on any atom is 0.234 e. The van der Waals surface area contributed by atoms with Crippen LogP contribution in [0.4, 0.5) is 0 Å². The average Bonchev–Trinajstić information content (AvgIpc) is 3.17. The van der Waals surface area contributed by atoms with E-state index in [1.54, 1.807) is 11.3 Å². The van der Waals surface area contributed by atoms with E-state index in [9.17, 15) is 0 Å². The Morgan fingerprint density at radius 2 is 1.96 bits per heavy atom. The van der Waals surface area contributed by atoms with Crippen LogP contribution in [0, 0.1) is 0 Å². The number of hydrogen-bond donors (Lipinski definition) is 0. The Labute approximate surface area is 149 Å². The highest BCUT2D eigenvalue weighted by atomic mass is 35.5. The molecular formula is C16H18ClN5OS. The molecular weight excluding hydrogens is 346 g/mol. The summed E-state index contributed by atoms with van der Waals surface area (Å²) in [5.74, 6) is 1.17. The van der Waals surface area contributed by atoms with Crippen molar-refractivity contribution in [2.75, 3.05) is 32.8 Å². The molecule has 0 spiro atoms. The van der Waals surface area contributed by atoms with Crippen LogP contribution in [-0.2, 0) is 4.74 Å². The van der Waals surface area contributed by atoms with Crippen molar-refractivity contribution in [3.8, 4) is 10.6 Å². The van der Waals surface area contributed by atoms with E-state index >= 15 is 0 Å². The number of halogens is 1. The van der Waals surface area contributed by atoms with Gasteiger partial charge in [-0.3, -0.25) is 4.90 Å². The number of hydrogen-bond acceptors (Lipinski definition) is 6. The van der Waals surface area contributed by atoms with Gasteiger partial charge < -0.3 is 4.74 Å². The zero-order valence-electron chi connectivity index (χ0n) is 13.4. The Kier molecular flexibility index (Phi) is 4.49. The summed E-state index contributed by atoms with van der Waals surface area (Å²) in [6.07, 6.45) is 0. The lowest BCUT2D eigenvalue weighted by atomic mass is 10.1. The van der Waals surface area contributed by atoms with E-state index in [-0.39, 0.29) is 5.92 Å². The van der Waals surface area contributed by atoms with Crippen LogP contribution in [0.5, 0.6) is 0 Å². The predicted molar refractivity (Wildman–Crippen MR) is 94.8 cm³/mol. The number of ether oxygens (including phenoxy) is 1. The van der Waals surface area contributed by atoms with E-state index in [0.717, 1.165) is 59.2 Å². The first kappa shape index (κ1) is 16.0. The lowest BCUT2D eigenvalue weighted by molar-refractivity contribution is 0.0353. The second-order valence-corrected chi connectivity index (χ2v) is 7.37. The molecule has 2 aromatic heterocycles. The number of fused-ring (bicyclic) bond motifs is 1. The van der Waals surface area contributed by atoms with Gasteiger partial charge in [-0.2, -0.15) is 9.61 Å². The first-order valence-electron chi connectivity index (χ1n) is 7.99. The lowest BCUT2D eigenvalue weighted by Gasteiger charge is -2.28. The molecule has 24 heavy (non-hydrogen) atoms. The molecule has 0 saturated carbocycles. The van der Waals surface area contributed by atoms with Gasteiger partial charge in [0, 0.05) is 36.1 Å². The van der Waals surface area contributed by atoms with Crippen molar-refractivity contribution in [1.29, 1.82) is 0 Å². The average molecular weight is 364 g/mol. The van der Waals surface area contributed by atoms with Gasteiger partial charge in [0.15, 0.2) is 5.82 Å². The van der Waals surface area contributed by atoms with Crippen LogP contribution in [0.3, 0.4) is 0 Å². The molecule has 1 unspecified atom stereocenters. The molecule has 0 N–H and O–H groups in total. The highest BCUT2D eigenvalue weighted by Gasteiger charge is 2.21. The highest BCUT2D eigenvalue weighted by molar-refractivity contribution is 7.19. The van der Waals surface area contributed by atoms with Gasteiger partial charge in [-0.1, -0.05) is 42.0 Å². The third kappa shape index (κ3) is 3.17. The SMILES string of the molecule is CC(CN1CCOCC1)c1nnc2sc(-c3ccc(Cl)cc3)nn12. The molecule has 1 aromatic carbocycles. The van der Waals surface area contributed by atoms with Crippen molar-refractivity contribution in [1.82, 2.24) is 24.7 Å². The summed E-state index contributed by atoms with van der Waals surface area (Å²) in [5.41, 5.74) is 1.04. The van der Waals surface area contributed by atoms with Gasteiger partial charge in [0.05, 0.1) is 13.2 Å². The summed E-state index contributed by atoms with van der Waals surface area (Å²) in [6.45, 7) is 6.67. The van der Waals surface area contributed by atoms with Crippen molar-refractivity contribution in [2.45, 2.75) is 12.8 Å². The molecule has 126 valence electrons. The second-order valence-electron chi connectivity index (χ2n) is 5.98. The molecule has 3 aromatic rings. The fraction of sp³-hybridized carbons (Fsp3) is 0.438. The van der Waals surface area contributed by atoms with Crippen LogP contribution in [0.25, 0.3) is 15.5 Å². The van der Waals surface area contributed by atoms with Crippen molar-refractivity contribution >= 4 is 27.9 Å². The topological polar surface area (TPSA) is 55.5 Å². The summed E-state index contributed by atoms with van der Waals surface area (Å²) in [5, 5.41) is 15.0. The van der Waals surface area contributed by atoms with Crippen LogP contribution in [0.2, 0.25) is 5.02 Å². The normalized spacial score (nSPS) is 17.4. The molecule has 1 fully saturated rings. The number of morpholine rings is 1. The van der Waals surface area contributed by atoms with Crippen LogP contribution >= 0.6 is 22.9 Å². The van der Waals surface area contributed by atoms with E-state index in [2.05, 4.69) is 22.0 Å². The van der Waals surface area contributed by atoms with Crippen molar-refractivity contribution in [3.05, 3.63) is 35.1 Å². The van der Waals surface area contributed by atoms with Gasteiger partial charge in [0.2, 0.25) is 4.96 Å². The van der Waals surface area contributed by atoms with E-state index in [0.29, 0.717) is 0 Å². The maximum atomic E-state index is 5.96. The first-order valence-corrected chi connectivity index (χ1v) is 9.18. The highest BCUT2D eigenvalue weighted by Crippen LogP contribution is 2.28. The van der Waals surface area contributed by atoms with Crippen molar-refractivity contribution < 1.29 is 4.74 Å². The Hall–Kier alpha value is -1.54. The van der Waals surface area contributed by atoms with E-state index in [4.69, 9.17) is 21.4 Å². The minimum absolute atomic E-state index is 0.262. The zero-order valence-corrected chi connectivity index (χ0v) is 14.9. The summed E-state index contributed by atoms with van der Waals surface area (Å²) < 4.78 is 7.28. The third-order valence-corrected chi connectivity index (χ3v) is 5.38. The quantitative estimate of drug-likeness (QED) is 0.713. The molecule has 0 bridgehead atoms. The van der Waals surface area contributed by atoms with Crippen LogP contribution in [0.1, 0.15) is 18.7 Å². The first-order chi connectivity index (χ1) is 11.7. The molecule has 4 rings (SSSR count). The van der Waals surface area contributed by atoms with Crippen LogP contribution in [0.15, 0.2) is 24.3 Å². The van der Waals surface area contributed by atoms with Gasteiger partial charge >= 0.3 is 0 Å². The monoisotopic (exact) mass is 363 g/mol. The number of nitrogens with zero attached hydrogens (tertiary/aromatic N) is 5. The van der Waals surface area contributed by atoms with Gasteiger partial charge in [-0.05, 0) is 12.1 Å². The Morgan fingerprint density at radius 1 is 1.21 bits per heavy atom. The largest absolute Gasteiger partial charge is 0.379 e. The van der Waals surface area contributed by atoms with E-state index in [1.807, 2.05) is 28.8 Å². The van der Waals surface area contributed by atoms with Crippen LogP contribution in [-0.4, -0.2) is 57.6 Å². The van der Waals surface area contributed by atoms with Crippen molar-refractivity contribution in [3.63, 3.8) is 0 Å². The molecule has 8 heteroatoms. The smallest absolute Gasteiger partial charge is 0.234 e. The molecule has 0 aliphatic carbocycles. The van der Waals surface area contributed by atoms with Gasteiger partial charge in [0.25, 0.3) is 0 Å². The molecule has 0 radical (unpaired) electrons. The lowest BCUT2D eigenvalue weighted by Crippen LogP contribution is -2.38. The molecule has 1 aliphatic heterocycles. The van der Waals surface area contributed by atoms with Gasteiger partial charge in [-0.15, -0.1) is 10.2 Å². The third-order valence-electron chi connectivity index (χ3n) is 4.18. The van der Waals surface area contributed by atoms with E-state index < -0.39 is 0 Å². The molecule has 3 heterocycles. The molecule has 0 amide bonds. The number of benzene rings is 1. The summed E-state index contributed by atoms with van der Waals surface area (Å²) in [7, 11) is 0. The predicted octanol–water partition coefficient (Wildman–Crippen LogP) is 2.94. The second kappa shape index (κ2) is 6.76. The molecule has 1 saturated heterocycles. The molecule has 6 nitrogen and oxygen atoms in total. The molecule has 1 atom stereocenters. The molecule has 1 aliphatic rings. The fourth-order valence-electron chi connectivity index (χ4n) is 2.90. The van der Waals surface area contributed by atoms with Gasteiger partial charge in [0.1, 0.15) is 5.01 Å². The van der Waals surface area contributed by atoms with Crippen molar-refractivity contribution in [2.24, 2.45) is 0 Å². The van der Waals surface area contributed by atoms with E-state index in [1.165, 1.54) is 0 Å². The summed E-state index contributed by atoms with van der Waals surface area (Å²) in [6, 6.07) is 7.71. The minimum Gasteiger partial charge on any atom is -0.379 e. The maximum absolute atomic E-state index is 5.96.